The van der Waals surface area contributed by atoms with Crippen LogP contribution >= 0.6 is 47.1 Å². The van der Waals surface area contributed by atoms with Gasteiger partial charge in [-0.15, -0.1) is 22.7 Å². The number of hydrogen-bond acceptors (Lipinski definition) is 8. The van der Waals surface area contributed by atoms with Crippen molar-refractivity contribution in [1.82, 2.24) is 9.97 Å². The summed E-state index contributed by atoms with van der Waals surface area (Å²) >= 11 is 11.9. The smallest absolute Gasteiger partial charge is 0.387 e. The third kappa shape index (κ3) is 13.0. The Morgan fingerprint density at radius 3 is 2.24 bits per heavy atom. The first kappa shape index (κ1) is 30.3. The molecular weight excluding hydrogens is 517 g/mol. The number of aldehydes is 1. The SMILES string of the molecule is NC(N)=S.O=Cc1cccs1.[C-]#[N+]CC(=O)OCC.[C-]#[N+]c1c(-c2cccs2)[nH]c(=S)[nH]c1=O. The molecule has 3 aromatic rings. The van der Waals surface area contributed by atoms with E-state index in [1.54, 1.807) is 13.0 Å². The van der Waals surface area contributed by atoms with E-state index in [-0.39, 0.29) is 22.1 Å². The monoisotopic (exact) mass is 536 g/mol. The molecular formula is C20H20N6O4S4. The summed E-state index contributed by atoms with van der Waals surface area (Å²) in [5.74, 6) is -0.442. The molecule has 0 bridgehead atoms. The molecule has 0 spiro atoms. The average Bonchev–Trinajstić information content (AvgIpc) is 3.48. The van der Waals surface area contributed by atoms with Gasteiger partial charge in [0.1, 0.15) is 0 Å². The van der Waals surface area contributed by atoms with Gasteiger partial charge < -0.3 is 31.0 Å². The maximum absolute atomic E-state index is 11.4. The lowest BCUT2D eigenvalue weighted by Gasteiger charge is -1.99. The Morgan fingerprint density at radius 1 is 1.21 bits per heavy atom. The number of hydrogen-bond donors (Lipinski definition) is 4. The summed E-state index contributed by atoms with van der Waals surface area (Å²) in [4.78, 5) is 44.4. The second kappa shape index (κ2) is 17.8. The molecule has 0 radical (unpaired) electrons. The number of nitrogens with two attached hydrogens (primary N) is 2. The molecule has 3 aromatic heterocycles. The summed E-state index contributed by atoms with van der Waals surface area (Å²) in [7, 11) is 0. The van der Waals surface area contributed by atoms with Crippen LogP contribution in [0.3, 0.4) is 0 Å². The van der Waals surface area contributed by atoms with Crippen molar-refractivity contribution < 1.29 is 14.3 Å². The number of ether oxygens (including phenoxy) is 1. The molecule has 0 aliphatic rings. The first-order valence-electron chi connectivity index (χ1n) is 9.00. The Bertz CT molecular complexity index is 1230. The van der Waals surface area contributed by atoms with Crippen LogP contribution in [0, 0.1) is 17.9 Å². The maximum Gasteiger partial charge on any atom is 0.387 e. The fraction of sp³-hybridized carbons (Fsp3) is 0.150. The molecule has 0 aliphatic carbocycles. The quantitative estimate of drug-likeness (QED) is 0.169. The van der Waals surface area contributed by atoms with Crippen molar-refractivity contribution in [2.45, 2.75) is 6.92 Å². The predicted molar refractivity (Wildman–Crippen MR) is 141 cm³/mol. The predicted octanol–water partition coefficient (Wildman–Crippen LogP) is 3.93. The molecule has 0 atom stereocenters. The Morgan fingerprint density at radius 2 is 1.82 bits per heavy atom. The Kier molecular flexibility index (Phi) is 15.9. The number of aromatic nitrogens is 2. The van der Waals surface area contributed by atoms with Gasteiger partial charge in [-0.1, -0.05) is 12.1 Å². The highest BCUT2D eigenvalue weighted by Crippen LogP contribution is 2.28. The number of esters is 1. The van der Waals surface area contributed by atoms with Crippen LogP contribution in [0.2, 0.25) is 0 Å². The zero-order valence-electron chi connectivity index (χ0n) is 17.8. The van der Waals surface area contributed by atoms with Gasteiger partial charge in [0.15, 0.2) is 16.2 Å². The van der Waals surface area contributed by atoms with E-state index < -0.39 is 11.5 Å². The molecule has 0 fully saturated rings. The van der Waals surface area contributed by atoms with Gasteiger partial charge in [-0.2, -0.15) is 0 Å². The van der Waals surface area contributed by atoms with Crippen LogP contribution in [0.4, 0.5) is 5.69 Å². The summed E-state index contributed by atoms with van der Waals surface area (Å²) < 4.78 is 4.66. The summed E-state index contributed by atoms with van der Waals surface area (Å²) in [5, 5.41) is 3.75. The van der Waals surface area contributed by atoms with Gasteiger partial charge in [0.25, 0.3) is 11.2 Å². The fourth-order valence-corrected chi connectivity index (χ4v) is 3.26. The number of thiocarbonyl (C=S) groups is 1. The largest absolute Gasteiger partial charge is 0.460 e. The fourth-order valence-electron chi connectivity index (χ4n) is 1.82. The number of H-pyrrole nitrogens is 2. The van der Waals surface area contributed by atoms with Crippen molar-refractivity contribution in [1.29, 1.82) is 0 Å². The van der Waals surface area contributed by atoms with Crippen LogP contribution < -0.4 is 17.0 Å². The van der Waals surface area contributed by atoms with Crippen LogP contribution in [0.5, 0.6) is 0 Å². The molecule has 178 valence electrons. The number of carbonyl (C=O) groups is 2. The van der Waals surface area contributed by atoms with Gasteiger partial charge in [-0.3, -0.25) is 9.59 Å². The minimum Gasteiger partial charge on any atom is -0.460 e. The second-order valence-corrected chi connectivity index (χ2v) is 8.18. The topological polar surface area (TPSA) is 153 Å². The Labute approximate surface area is 213 Å². The maximum atomic E-state index is 11.4. The molecule has 34 heavy (non-hydrogen) atoms. The summed E-state index contributed by atoms with van der Waals surface area (Å²) in [6.45, 7) is 15.1. The molecule has 3 rings (SSSR count). The third-order valence-electron chi connectivity index (χ3n) is 2.97. The van der Waals surface area contributed by atoms with Crippen LogP contribution in [-0.4, -0.2) is 40.5 Å². The average molecular weight is 537 g/mol. The van der Waals surface area contributed by atoms with Crippen LogP contribution in [0.1, 0.15) is 16.6 Å². The number of aromatic amines is 2. The van der Waals surface area contributed by atoms with Gasteiger partial charge in [0.05, 0.1) is 23.8 Å². The van der Waals surface area contributed by atoms with Crippen molar-refractivity contribution in [2.75, 3.05) is 13.2 Å². The van der Waals surface area contributed by atoms with Gasteiger partial charge in [0, 0.05) is 4.88 Å². The van der Waals surface area contributed by atoms with Gasteiger partial charge in [-0.05, 0) is 54.3 Å². The molecule has 14 heteroatoms. The third-order valence-corrected chi connectivity index (χ3v) is 4.86. The van der Waals surface area contributed by atoms with Crippen molar-refractivity contribution >= 4 is 70.2 Å². The molecule has 3 heterocycles. The van der Waals surface area contributed by atoms with Crippen LogP contribution in [0.25, 0.3) is 20.3 Å². The van der Waals surface area contributed by atoms with E-state index in [1.165, 1.54) is 22.7 Å². The summed E-state index contributed by atoms with van der Waals surface area (Å²) in [6, 6.07) is 7.33. The number of nitrogens with zero attached hydrogens (tertiary/aromatic N) is 2. The number of carbonyl (C=O) groups excluding carboxylic acids is 2. The van der Waals surface area contributed by atoms with Gasteiger partial charge >= 0.3 is 12.5 Å². The van der Waals surface area contributed by atoms with Crippen molar-refractivity contribution in [3.05, 3.63) is 77.9 Å². The normalized spacial score (nSPS) is 8.56. The Hall–Kier alpha value is -3.69. The highest BCUT2D eigenvalue weighted by molar-refractivity contribution is 7.80. The minimum atomic E-state index is -0.447. The van der Waals surface area contributed by atoms with Crippen molar-refractivity contribution in [3.63, 3.8) is 0 Å². The zero-order chi connectivity index (χ0) is 25.9. The van der Waals surface area contributed by atoms with E-state index in [0.717, 1.165) is 16.0 Å². The minimum absolute atomic E-state index is 0.000000000000000222. The molecule has 0 aliphatic heterocycles. The highest BCUT2D eigenvalue weighted by Gasteiger charge is 2.10. The molecule has 0 unspecified atom stereocenters. The van der Waals surface area contributed by atoms with E-state index in [9.17, 15) is 14.4 Å². The van der Waals surface area contributed by atoms with Crippen LogP contribution in [-0.2, 0) is 9.53 Å². The molecule has 0 saturated carbocycles. The van der Waals surface area contributed by atoms with E-state index >= 15 is 0 Å². The van der Waals surface area contributed by atoms with E-state index in [2.05, 4.69) is 48.1 Å². The molecule has 10 nitrogen and oxygen atoms in total. The lowest BCUT2D eigenvalue weighted by atomic mass is 10.3. The lowest BCUT2D eigenvalue weighted by molar-refractivity contribution is -0.140. The number of nitrogens with one attached hydrogen (secondary N) is 2. The molecule has 0 amide bonds. The standard InChI is InChI=1S/C9H5N3OS2.C5H7NO2.C5H4OS.CH4N2S/c1-10-7-6(5-3-2-4-15-5)11-9(14)12-8(7)13;1-3-8-5(7)4-6-2;6-4-5-2-1-3-7-5;2-1(3)4/h2-4H,(H2,11,12,13,14);3-4H2,1H3;1-4H;(H4,2,3,4). The van der Waals surface area contributed by atoms with Crippen molar-refractivity contribution in [3.8, 4) is 10.6 Å². The first-order valence-corrected chi connectivity index (χ1v) is 11.6. The summed E-state index contributed by atoms with van der Waals surface area (Å²) in [6.07, 6.45) is 0.852. The van der Waals surface area contributed by atoms with Crippen LogP contribution in [0.15, 0.2) is 39.8 Å². The van der Waals surface area contributed by atoms with E-state index in [0.29, 0.717) is 12.3 Å². The van der Waals surface area contributed by atoms with Gasteiger partial charge in [0.2, 0.25) is 0 Å². The van der Waals surface area contributed by atoms with Crippen molar-refractivity contribution in [2.24, 2.45) is 11.5 Å². The zero-order valence-corrected chi connectivity index (χ0v) is 21.0. The highest BCUT2D eigenvalue weighted by atomic mass is 32.1. The number of rotatable bonds is 4. The summed E-state index contributed by atoms with van der Waals surface area (Å²) in [5.41, 5.74) is 9.34. The van der Waals surface area contributed by atoms with E-state index in [4.69, 9.17) is 25.4 Å². The second-order valence-electron chi connectivity index (χ2n) is 5.38. The molecule has 0 saturated heterocycles. The van der Waals surface area contributed by atoms with Gasteiger partial charge in [-0.25, -0.2) is 16.2 Å². The molecule has 0 aromatic carbocycles. The first-order chi connectivity index (χ1) is 16.2. The lowest BCUT2D eigenvalue weighted by Crippen LogP contribution is -2.18. The van der Waals surface area contributed by atoms with E-state index in [1.807, 2.05) is 29.0 Å². The Balaban J connectivity index is 0.000000485. The number of thiophene rings is 2. The molecule has 6 N–H and O–H groups in total.